The van der Waals surface area contributed by atoms with Gasteiger partial charge in [-0.2, -0.15) is 0 Å². The molecule has 0 N–H and O–H groups in total. The zero-order valence-corrected chi connectivity index (χ0v) is 9.06. The minimum atomic E-state index is -0.571. The van der Waals surface area contributed by atoms with Crippen molar-refractivity contribution in [3.05, 3.63) is 24.3 Å². The van der Waals surface area contributed by atoms with Crippen molar-refractivity contribution in [1.82, 2.24) is 0 Å². The van der Waals surface area contributed by atoms with E-state index in [1.54, 1.807) is 19.1 Å². The molecule has 0 radical (unpaired) electrons. The Morgan fingerprint density at radius 3 is 2.40 bits per heavy atom. The number of carbonyl (C=O) groups is 2. The van der Waals surface area contributed by atoms with E-state index >= 15 is 0 Å². The van der Waals surface area contributed by atoms with Crippen LogP contribution in [0.3, 0.4) is 0 Å². The molecule has 0 aromatic rings. The lowest BCUT2D eigenvalue weighted by Gasteiger charge is -2.01. The predicted octanol–water partition coefficient (Wildman–Crippen LogP) is 1.62. The van der Waals surface area contributed by atoms with Gasteiger partial charge in [-0.25, -0.2) is 0 Å². The summed E-state index contributed by atoms with van der Waals surface area (Å²) in [6.45, 7) is 4.01. The molecule has 0 heterocycles. The fourth-order valence-electron chi connectivity index (χ4n) is 0.767. The van der Waals surface area contributed by atoms with Crippen molar-refractivity contribution in [2.24, 2.45) is 0 Å². The quantitative estimate of drug-likeness (QED) is 0.381. The van der Waals surface area contributed by atoms with E-state index in [-0.39, 0.29) is 19.6 Å². The van der Waals surface area contributed by atoms with Crippen molar-refractivity contribution in [1.29, 1.82) is 0 Å². The maximum absolute atomic E-state index is 11.0. The molecule has 0 aliphatic carbocycles. The van der Waals surface area contributed by atoms with E-state index in [1.165, 1.54) is 0 Å². The highest BCUT2D eigenvalue weighted by Crippen LogP contribution is 1.91. The summed E-state index contributed by atoms with van der Waals surface area (Å²) in [5.74, 6) is -1.13. The van der Waals surface area contributed by atoms with Crippen LogP contribution in [0.25, 0.3) is 0 Å². The van der Waals surface area contributed by atoms with Gasteiger partial charge in [0.1, 0.15) is 13.0 Å². The highest BCUT2D eigenvalue weighted by molar-refractivity contribution is 5.91. The summed E-state index contributed by atoms with van der Waals surface area (Å²) in [6.07, 6.45) is 6.79. The second kappa shape index (κ2) is 8.99. The highest BCUT2D eigenvalue weighted by atomic mass is 16.5. The van der Waals surface area contributed by atoms with Crippen LogP contribution < -0.4 is 0 Å². The first-order valence-electron chi connectivity index (χ1n) is 4.79. The van der Waals surface area contributed by atoms with E-state index in [1.807, 2.05) is 19.1 Å². The number of esters is 2. The Labute approximate surface area is 89.6 Å². The fourth-order valence-corrected chi connectivity index (χ4v) is 0.767. The third-order valence-corrected chi connectivity index (χ3v) is 1.37. The minimum absolute atomic E-state index is 0.169. The first-order chi connectivity index (χ1) is 7.20. The molecule has 0 rings (SSSR count). The van der Waals surface area contributed by atoms with Gasteiger partial charge in [0.15, 0.2) is 0 Å². The molecule has 0 amide bonds. The van der Waals surface area contributed by atoms with Gasteiger partial charge in [-0.1, -0.05) is 18.2 Å². The van der Waals surface area contributed by atoms with Crippen molar-refractivity contribution >= 4 is 11.9 Å². The molecule has 4 nitrogen and oxygen atoms in total. The molecule has 0 aliphatic heterocycles. The van der Waals surface area contributed by atoms with E-state index in [2.05, 4.69) is 4.74 Å². The molecule has 0 aromatic carbocycles. The van der Waals surface area contributed by atoms with Crippen LogP contribution in [-0.4, -0.2) is 25.2 Å². The summed E-state index contributed by atoms with van der Waals surface area (Å²) in [5, 5.41) is 0. The summed E-state index contributed by atoms with van der Waals surface area (Å²) in [4.78, 5) is 21.8. The maximum atomic E-state index is 11.0. The van der Waals surface area contributed by atoms with Gasteiger partial charge in [-0.15, -0.1) is 0 Å². The topological polar surface area (TPSA) is 52.6 Å². The third kappa shape index (κ3) is 8.74. The van der Waals surface area contributed by atoms with Crippen molar-refractivity contribution < 1.29 is 19.1 Å². The van der Waals surface area contributed by atoms with Crippen LogP contribution in [-0.2, 0) is 19.1 Å². The minimum Gasteiger partial charge on any atom is -0.466 e. The highest BCUT2D eigenvalue weighted by Gasteiger charge is 2.10. The Morgan fingerprint density at radius 2 is 1.80 bits per heavy atom. The number of hydrogen-bond donors (Lipinski definition) is 0. The van der Waals surface area contributed by atoms with Crippen LogP contribution in [0.4, 0.5) is 0 Å². The zero-order chi connectivity index (χ0) is 11.5. The first-order valence-corrected chi connectivity index (χ1v) is 4.79. The molecule has 84 valence electrons. The predicted molar refractivity (Wildman–Crippen MR) is 56.2 cm³/mol. The molecule has 0 bridgehead atoms. The van der Waals surface area contributed by atoms with Gasteiger partial charge in [-0.05, 0) is 19.9 Å². The lowest BCUT2D eigenvalue weighted by Crippen LogP contribution is -2.13. The Kier molecular flexibility index (Phi) is 8.05. The maximum Gasteiger partial charge on any atom is 0.317 e. The SMILES string of the molecule is C/C=C/C=C/COC(=O)CC(=O)OCC. The number of rotatable bonds is 6. The fraction of sp³-hybridized carbons (Fsp3) is 0.455. The van der Waals surface area contributed by atoms with E-state index in [9.17, 15) is 9.59 Å². The van der Waals surface area contributed by atoms with E-state index in [0.717, 1.165) is 0 Å². The van der Waals surface area contributed by atoms with Crippen molar-refractivity contribution in [3.8, 4) is 0 Å². The van der Waals surface area contributed by atoms with Gasteiger partial charge in [0.25, 0.3) is 0 Å². The summed E-state index contributed by atoms with van der Waals surface area (Å²) in [6, 6.07) is 0. The Hall–Kier alpha value is -1.58. The number of allylic oxidation sites excluding steroid dienone is 3. The van der Waals surface area contributed by atoms with Crippen LogP contribution >= 0.6 is 0 Å². The number of ether oxygens (including phenoxy) is 2. The van der Waals surface area contributed by atoms with Gasteiger partial charge in [0.05, 0.1) is 6.61 Å². The standard InChI is InChI=1S/C11H16O4/c1-3-5-6-7-8-15-11(13)9-10(12)14-4-2/h3,5-7H,4,8-9H2,1-2H3/b5-3+,7-6+. The molecule has 4 heteroatoms. The first kappa shape index (κ1) is 13.4. The van der Waals surface area contributed by atoms with Gasteiger partial charge in [-0.3, -0.25) is 9.59 Å². The Bertz CT molecular complexity index is 253. The summed E-state index contributed by atoms with van der Waals surface area (Å²) >= 11 is 0. The van der Waals surface area contributed by atoms with Gasteiger partial charge < -0.3 is 9.47 Å². The largest absolute Gasteiger partial charge is 0.466 e. The van der Waals surface area contributed by atoms with E-state index < -0.39 is 11.9 Å². The average molecular weight is 212 g/mol. The molecule has 0 fully saturated rings. The van der Waals surface area contributed by atoms with Crippen molar-refractivity contribution in [2.45, 2.75) is 20.3 Å². The van der Waals surface area contributed by atoms with Crippen molar-refractivity contribution in [3.63, 3.8) is 0 Å². The third-order valence-electron chi connectivity index (χ3n) is 1.37. The zero-order valence-electron chi connectivity index (χ0n) is 9.06. The lowest BCUT2D eigenvalue weighted by atomic mass is 10.4. The second-order valence-electron chi connectivity index (χ2n) is 2.62. The van der Waals surface area contributed by atoms with Gasteiger partial charge in [0.2, 0.25) is 0 Å². The summed E-state index contributed by atoms with van der Waals surface area (Å²) in [7, 11) is 0. The smallest absolute Gasteiger partial charge is 0.317 e. The van der Waals surface area contributed by atoms with Crippen molar-refractivity contribution in [2.75, 3.05) is 13.2 Å². The number of carbonyl (C=O) groups excluding carboxylic acids is 2. The van der Waals surface area contributed by atoms with Crippen LogP contribution in [0.1, 0.15) is 20.3 Å². The lowest BCUT2D eigenvalue weighted by molar-refractivity contribution is -0.153. The van der Waals surface area contributed by atoms with Gasteiger partial charge >= 0.3 is 11.9 Å². The molecule has 0 aromatic heterocycles. The molecule has 0 aliphatic rings. The van der Waals surface area contributed by atoms with E-state index in [4.69, 9.17) is 4.74 Å². The molecule has 0 atom stereocenters. The van der Waals surface area contributed by atoms with E-state index in [0.29, 0.717) is 0 Å². The summed E-state index contributed by atoms with van der Waals surface area (Å²) in [5.41, 5.74) is 0. The number of hydrogen-bond acceptors (Lipinski definition) is 4. The van der Waals surface area contributed by atoms with Crippen LogP contribution in [0.15, 0.2) is 24.3 Å². The van der Waals surface area contributed by atoms with Crippen LogP contribution in [0, 0.1) is 0 Å². The normalized spacial score (nSPS) is 10.8. The molecular weight excluding hydrogens is 196 g/mol. The molecule has 0 spiro atoms. The van der Waals surface area contributed by atoms with Crippen LogP contribution in [0.5, 0.6) is 0 Å². The molecule has 0 saturated carbocycles. The summed E-state index contributed by atoms with van der Waals surface area (Å²) < 4.78 is 9.33. The molecule has 0 saturated heterocycles. The molecule has 15 heavy (non-hydrogen) atoms. The molecule has 0 unspecified atom stereocenters. The Morgan fingerprint density at radius 1 is 1.13 bits per heavy atom. The monoisotopic (exact) mass is 212 g/mol. The van der Waals surface area contributed by atoms with Crippen LogP contribution in [0.2, 0.25) is 0 Å². The second-order valence-corrected chi connectivity index (χ2v) is 2.62. The average Bonchev–Trinajstić information content (AvgIpc) is 2.17. The van der Waals surface area contributed by atoms with Gasteiger partial charge in [0, 0.05) is 0 Å². The Balaban J connectivity index is 3.61. The molecular formula is C11H16O4.